The van der Waals surface area contributed by atoms with Crippen LogP contribution in [0, 0.1) is 5.82 Å². The number of rotatable bonds is 1. The first kappa shape index (κ1) is 10.9. The molecule has 3 aromatic rings. The van der Waals surface area contributed by atoms with Crippen LogP contribution in [-0.2, 0) is 7.05 Å². The molecular formula is C16H13FN+. The molecule has 0 amide bonds. The summed E-state index contributed by atoms with van der Waals surface area (Å²) in [5.74, 6) is -0.203. The van der Waals surface area contributed by atoms with Crippen LogP contribution in [0.15, 0.2) is 60.9 Å². The van der Waals surface area contributed by atoms with Gasteiger partial charge in [0, 0.05) is 16.8 Å². The van der Waals surface area contributed by atoms with Crippen molar-refractivity contribution >= 4 is 10.8 Å². The minimum absolute atomic E-state index is 0.203. The number of halogens is 1. The van der Waals surface area contributed by atoms with Crippen LogP contribution in [0.5, 0.6) is 0 Å². The van der Waals surface area contributed by atoms with Gasteiger partial charge in [0.15, 0.2) is 12.4 Å². The van der Waals surface area contributed by atoms with Crippen LogP contribution in [0.2, 0.25) is 0 Å². The third kappa shape index (κ3) is 1.86. The predicted molar refractivity (Wildman–Crippen MR) is 70.5 cm³/mol. The minimum Gasteiger partial charge on any atom is -0.207 e. The van der Waals surface area contributed by atoms with E-state index in [1.807, 2.05) is 36.0 Å². The third-order valence-corrected chi connectivity index (χ3v) is 3.11. The van der Waals surface area contributed by atoms with E-state index < -0.39 is 0 Å². The Morgan fingerprint density at radius 2 is 1.72 bits per heavy atom. The van der Waals surface area contributed by atoms with Gasteiger partial charge in [0.05, 0.1) is 0 Å². The summed E-state index contributed by atoms with van der Waals surface area (Å²) >= 11 is 0. The average molecular weight is 238 g/mol. The lowest BCUT2D eigenvalue weighted by Gasteiger charge is -2.05. The Balaban J connectivity index is 2.26. The Morgan fingerprint density at radius 1 is 0.944 bits per heavy atom. The number of aryl methyl sites for hydroxylation is 1. The molecule has 2 heteroatoms. The molecule has 0 radical (unpaired) electrons. The maximum Gasteiger partial charge on any atom is 0.176 e. The van der Waals surface area contributed by atoms with Crippen LogP contribution in [-0.4, -0.2) is 0 Å². The van der Waals surface area contributed by atoms with E-state index in [4.69, 9.17) is 0 Å². The standard InChI is InChI=1S/C16H13FN/c1-18-10-9-16-13(11-18)3-2-4-15(16)12-5-7-14(17)8-6-12/h2-11H,1H3/q+1. The van der Waals surface area contributed by atoms with E-state index in [0.29, 0.717) is 0 Å². The highest BCUT2D eigenvalue weighted by Gasteiger charge is 2.06. The van der Waals surface area contributed by atoms with E-state index in [0.717, 1.165) is 11.1 Å². The SMILES string of the molecule is C[n+]1ccc2c(-c3ccc(F)cc3)cccc2c1. The van der Waals surface area contributed by atoms with E-state index in [9.17, 15) is 4.39 Å². The molecule has 0 aliphatic carbocycles. The van der Waals surface area contributed by atoms with Crippen molar-refractivity contribution in [3.8, 4) is 11.1 Å². The molecule has 0 saturated carbocycles. The highest BCUT2D eigenvalue weighted by Crippen LogP contribution is 2.27. The van der Waals surface area contributed by atoms with Gasteiger partial charge >= 0.3 is 0 Å². The summed E-state index contributed by atoms with van der Waals surface area (Å²) < 4.78 is 15.0. The second-order valence-corrected chi connectivity index (χ2v) is 4.43. The number of pyridine rings is 1. The topological polar surface area (TPSA) is 3.88 Å². The van der Waals surface area contributed by atoms with E-state index in [-0.39, 0.29) is 5.82 Å². The van der Waals surface area contributed by atoms with Crippen molar-refractivity contribution in [3.05, 3.63) is 66.7 Å². The largest absolute Gasteiger partial charge is 0.207 e. The van der Waals surface area contributed by atoms with Gasteiger partial charge in [-0.3, -0.25) is 0 Å². The summed E-state index contributed by atoms with van der Waals surface area (Å²) in [6, 6.07) is 14.9. The van der Waals surface area contributed by atoms with Gasteiger partial charge in [0.1, 0.15) is 12.9 Å². The number of fused-ring (bicyclic) bond motifs is 1. The Hall–Kier alpha value is -2.22. The van der Waals surface area contributed by atoms with Gasteiger partial charge in [-0.1, -0.05) is 24.3 Å². The van der Waals surface area contributed by atoms with E-state index in [1.165, 1.54) is 22.9 Å². The van der Waals surface area contributed by atoms with Gasteiger partial charge in [-0.15, -0.1) is 0 Å². The first-order chi connectivity index (χ1) is 8.74. The van der Waals surface area contributed by atoms with E-state index in [1.54, 1.807) is 0 Å². The second-order valence-electron chi connectivity index (χ2n) is 4.43. The lowest BCUT2D eigenvalue weighted by atomic mass is 9.99. The fourth-order valence-electron chi connectivity index (χ4n) is 2.22. The molecular weight excluding hydrogens is 225 g/mol. The monoisotopic (exact) mass is 238 g/mol. The van der Waals surface area contributed by atoms with Gasteiger partial charge in [0.2, 0.25) is 0 Å². The molecule has 0 saturated heterocycles. The zero-order valence-corrected chi connectivity index (χ0v) is 10.1. The van der Waals surface area contributed by atoms with E-state index >= 15 is 0 Å². The molecule has 2 aromatic carbocycles. The summed E-state index contributed by atoms with van der Waals surface area (Å²) in [5.41, 5.74) is 2.17. The maximum absolute atomic E-state index is 13.0. The molecule has 0 N–H and O–H groups in total. The average Bonchev–Trinajstić information content (AvgIpc) is 2.38. The van der Waals surface area contributed by atoms with Gasteiger partial charge < -0.3 is 0 Å². The van der Waals surface area contributed by atoms with Gasteiger partial charge in [0.25, 0.3) is 0 Å². The molecule has 3 rings (SSSR count). The van der Waals surface area contributed by atoms with Crippen LogP contribution in [0.1, 0.15) is 0 Å². The molecule has 0 aliphatic rings. The summed E-state index contributed by atoms with van der Waals surface area (Å²) in [7, 11) is 2.00. The first-order valence-corrected chi connectivity index (χ1v) is 5.88. The zero-order valence-electron chi connectivity index (χ0n) is 10.1. The summed E-state index contributed by atoms with van der Waals surface area (Å²) in [6.45, 7) is 0. The van der Waals surface area contributed by atoms with E-state index in [2.05, 4.69) is 24.4 Å². The Labute approximate surface area is 105 Å². The molecule has 0 aliphatic heterocycles. The van der Waals surface area contributed by atoms with Crippen LogP contribution >= 0.6 is 0 Å². The highest BCUT2D eigenvalue weighted by atomic mass is 19.1. The second kappa shape index (κ2) is 4.22. The van der Waals surface area contributed by atoms with Crippen LogP contribution < -0.4 is 4.57 Å². The molecule has 1 heterocycles. The van der Waals surface area contributed by atoms with Crippen LogP contribution in [0.25, 0.3) is 21.9 Å². The fourth-order valence-corrected chi connectivity index (χ4v) is 2.22. The number of hydrogen-bond donors (Lipinski definition) is 0. The molecule has 0 unspecified atom stereocenters. The first-order valence-electron chi connectivity index (χ1n) is 5.88. The number of benzene rings is 2. The van der Waals surface area contributed by atoms with Crippen molar-refractivity contribution < 1.29 is 8.96 Å². The lowest BCUT2D eigenvalue weighted by Crippen LogP contribution is -2.25. The molecule has 0 atom stereocenters. The quantitative estimate of drug-likeness (QED) is 0.571. The third-order valence-electron chi connectivity index (χ3n) is 3.11. The summed E-state index contributed by atoms with van der Waals surface area (Å²) in [4.78, 5) is 0. The number of hydrogen-bond acceptors (Lipinski definition) is 0. The molecule has 1 aromatic heterocycles. The molecule has 0 fully saturated rings. The van der Waals surface area contributed by atoms with Gasteiger partial charge in [-0.25, -0.2) is 8.96 Å². The molecule has 0 bridgehead atoms. The minimum atomic E-state index is -0.203. The fraction of sp³-hybridized carbons (Fsp3) is 0.0625. The molecule has 0 spiro atoms. The van der Waals surface area contributed by atoms with Crippen LogP contribution in [0.4, 0.5) is 4.39 Å². The molecule has 18 heavy (non-hydrogen) atoms. The number of aromatic nitrogens is 1. The maximum atomic E-state index is 13.0. The highest BCUT2D eigenvalue weighted by molar-refractivity contribution is 5.95. The summed E-state index contributed by atoms with van der Waals surface area (Å²) in [6.07, 6.45) is 4.11. The summed E-state index contributed by atoms with van der Waals surface area (Å²) in [5, 5.41) is 2.36. The van der Waals surface area contributed by atoms with Crippen molar-refractivity contribution in [3.63, 3.8) is 0 Å². The lowest BCUT2D eigenvalue weighted by molar-refractivity contribution is -0.670. The normalized spacial score (nSPS) is 10.8. The number of nitrogens with zero attached hydrogens (tertiary/aromatic N) is 1. The zero-order chi connectivity index (χ0) is 12.5. The van der Waals surface area contributed by atoms with Crippen molar-refractivity contribution in [2.45, 2.75) is 0 Å². The van der Waals surface area contributed by atoms with Crippen molar-refractivity contribution in [1.82, 2.24) is 0 Å². The molecule has 88 valence electrons. The Kier molecular flexibility index (Phi) is 2.56. The smallest absolute Gasteiger partial charge is 0.176 e. The van der Waals surface area contributed by atoms with Crippen molar-refractivity contribution in [1.29, 1.82) is 0 Å². The van der Waals surface area contributed by atoms with Gasteiger partial charge in [-0.05, 0) is 29.3 Å². The predicted octanol–water partition coefficient (Wildman–Crippen LogP) is 3.47. The van der Waals surface area contributed by atoms with Crippen LogP contribution in [0.3, 0.4) is 0 Å². The van der Waals surface area contributed by atoms with Crippen molar-refractivity contribution in [2.24, 2.45) is 7.05 Å². The molecule has 1 nitrogen and oxygen atoms in total. The van der Waals surface area contributed by atoms with Gasteiger partial charge in [-0.2, -0.15) is 0 Å². The Bertz CT molecular complexity index is 702. The van der Waals surface area contributed by atoms with Crippen molar-refractivity contribution in [2.75, 3.05) is 0 Å². The Morgan fingerprint density at radius 3 is 2.50 bits per heavy atom.